The Labute approximate surface area is 137 Å². The van der Waals surface area contributed by atoms with Gasteiger partial charge in [0, 0.05) is 43.7 Å². The lowest BCUT2D eigenvalue weighted by atomic mass is 9.94. The summed E-state index contributed by atoms with van der Waals surface area (Å²) in [7, 11) is 1.71. The molecule has 22 heavy (non-hydrogen) atoms. The first-order chi connectivity index (χ1) is 10.0. The summed E-state index contributed by atoms with van der Waals surface area (Å²) in [5.41, 5.74) is 2.00. The van der Waals surface area contributed by atoms with Gasteiger partial charge in [-0.1, -0.05) is 6.07 Å². The third-order valence-electron chi connectivity index (χ3n) is 3.84. The van der Waals surface area contributed by atoms with Gasteiger partial charge >= 0.3 is 6.09 Å². The zero-order valence-corrected chi connectivity index (χ0v) is 14.0. The Kier molecular flexibility index (Phi) is 6.68. The number of ether oxygens (including phenoxy) is 1. The van der Waals surface area contributed by atoms with Crippen molar-refractivity contribution in [1.82, 2.24) is 4.90 Å². The van der Waals surface area contributed by atoms with Crippen molar-refractivity contribution in [2.75, 3.05) is 25.5 Å². The number of rotatable bonds is 5. The molecule has 5 nitrogen and oxygen atoms in total. The minimum Gasteiger partial charge on any atom is -0.410 e. The lowest BCUT2D eigenvalue weighted by Crippen LogP contribution is -2.29. The Bertz CT molecular complexity index is 548. The maximum atomic E-state index is 11.9. The van der Waals surface area contributed by atoms with Gasteiger partial charge in [0.1, 0.15) is 11.5 Å². The molecule has 0 saturated carbocycles. The summed E-state index contributed by atoms with van der Waals surface area (Å²) in [4.78, 5) is 24.7. The molecule has 0 aromatic heterocycles. The first kappa shape index (κ1) is 18.3. The van der Waals surface area contributed by atoms with Gasteiger partial charge in [0.2, 0.25) is 0 Å². The van der Waals surface area contributed by atoms with Crippen LogP contribution in [0.1, 0.15) is 38.2 Å². The molecule has 0 bridgehead atoms. The highest BCUT2D eigenvalue weighted by Gasteiger charge is 2.27. The molecule has 1 aromatic carbocycles. The van der Waals surface area contributed by atoms with Gasteiger partial charge in [-0.15, -0.1) is 12.4 Å². The van der Waals surface area contributed by atoms with E-state index < -0.39 is 0 Å². The second-order valence-corrected chi connectivity index (χ2v) is 5.42. The first-order valence-electron chi connectivity index (χ1n) is 7.32. The average molecular weight is 327 g/mol. The molecule has 1 unspecified atom stereocenters. The number of Topliss-reactive ketones (excluding diaryl/α,β-unsaturated/α-hetero) is 1. The molecule has 1 heterocycles. The van der Waals surface area contributed by atoms with Crippen molar-refractivity contribution in [3.05, 3.63) is 23.8 Å². The zero-order chi connectivity index (χ0) is 15.4. The van der Waals surface area contributed by atoms with Crippen molar-refractivity contribution in [3.8, 4) is 5.75 Å². The van der Waals surface area contributed by atoms with Crippen molar-refractivity contribution in [2.24, 2.45) is 0 Å². The number of hydrogen-bond acceptors (Lipinski definition) is 4. The second kappa shape index (κ2) is 8.03. The van der Waals surface area contributed by atoms with Crippen LogP contribution in [0, 0.1) is 0 Å². The third kappa shape index (κ3) is 4.13. The fourth-order valence-electron chi connectivity index (χ4n) is 2.47. The van der Waals surface area contributed by atoms with Crippen molar-refractivity contribution in [1.29, 1.82) is 0 Å². The smallest absolute Gasteiger partial charge is 0.410 e. The van der Waals surface area contributed by atoms with E-state index in [1.165, 1.54) is 4.90 Å². The number of carbonyl (C=O) groups excluding carboxylic acids is 2. The number of anilines is 1. The summed E-state index contributed by atoms with van der Waals surface area (Å²) in [5, 5.41) is 3.31. The van der Waals surface area contributed by atoms with Crippen LogP contribution in [0.25, 0.3) is 0 Å². The molecule has 0 spiro atoms. The van der Waals surface area contributed by atoms with Crippen molar-refractivity contribution in [3.63, 3.8) is 0 Å². The standard InChI is InChI=1S/C16H22N2O3.ClH/c1-4-18(3)16(20)21-14-7-5-6-13-15(14)12(10-17-13)9-8-11(2)19;/h5-7,12,17H,4,8-10H2,1-3H3;1H. The number of benzene rings is 1. The lowest BCUT2D eigenvalue weighted by Gasteiger charge is -2.18. The van der Waals surface area contributed by atoms with Crippen LogP contribution in [0.5, 0.6) is 5.75 Å². The Morgan fingerprint density at radius 1 is 1.41 bits per heavy atom. The van der Waals surface area contributed by atoms with Gasteiger partial charge in [0.25, 0.3) is 0 Å². The molecular formula is C16H23ClN2O3. The van der Waals surface area contributed by atoms with Crippen LogP contribution in [0.4, 0.5) is 10.5 Å². The van der Waals surface area contributed by atoms with E-state index in [1.807, 2.05) is 25.1 Å². The highest BCUT2D eigenvalue weighted by atomic mass is 35.5. The quantitative estimate of drug-likeness (QED) is 0.900. The maximum absolute atomic E-state index is 11.9. The van der Waals surface area contributed by atoms with Crippen LogP contribution in [-0.2, 0) is 4.79 Å². The summed E-state index contributed by atoms with van der Waals surface area (Å²) in [6.45, 7) is 4.87. The molecule has 2 rings (SSSR count). The normalized spacial score (nSPS) is 15.3. The maximum Gasteiger partial charge on any atom is 0.414 e. The van der Waals surface area contributed by atoms with E-state index in [-0.39, 0.29) is 30.2 Å². The summed E-state index contributed by atoms with van der Waals surface area (Å²) >= 11 is 0. The molecule has 1 aliphatic rings. The number of hydrogen-bond donors (Lipinski definition) is 1. The largest absolute Gasteiger partial charge is 0.414 e. The van der Waals surface area contributed by atoms with Crippen LogP contribution in [0.15, 0.2) is 18.2 Å². The van der Waals surface area contributed by atoms with Gasteiger partial charge in [-0.3, -0.25) is 0 Å². The molecule has 0 radical (unpaired) electrons. The summed E-state index contributed by atoms with van der Waals surface area (Å²) < 4.78 is 5.51. The number of carbonyl (C=O) groups is 2. The Balaban J connectivity index is 0.00000242. The zero-order valence-electron chi connectivity index (χ0n) is 13.2. The molecule has 122 valence electrons. The predicted molar refractivity (Wildman–Crippen MR) is 89.2 cm³/mol. The van der Waals surface area contributed by atoms with E-state index in [4.69, 9.17) is 4.74 Å². The number of halogens is 1. The van der Waals surface area contributed by atoms with Crippen molar-refractivity contribution in [2.45, 2.75) is 32.6 Å². The number of nitrogens with one attached hydrogen (secondary N) is 1. The molecule has 0 saturated heterocycles. The van der Waals surface area contributed by atoms with Gasteiger partial charge in [-0.25, -0.2) is 4.79 Å². The van der Waals surface area contributed by atoms with E-state index >= 15 is 0 Å². The van der Waals surface area contributed by atoms with Crippen molar-refractivity contribution >= 4 is 30.0 Å². The predicted octanol–water partition coefficient (Wildman–Crippen LogP) is 3.44. The average Bonchev–Trinajstić information content (AvgIpc) is 2.88. The van der Waals surface area contributed by atoms with Crippen LogP contribution >= 0.6 is 12.4 Å². The molecule has 1 atom stereocenters. The number of ketones is 1. The molecule has 1 aliphatic heterocycles. The van der Waals surface area contributed by atoms with Gasteiger partial charge < -0.3 is 19.7 Å². The topological polar surface area (TPSA) is 58.6 Å². The first-order valence-corrected chi connectivity index (χ1v) is 7.32. The minimum absolute atomic E-state index is 0. The summed E-state index contributed by atoms with van der Waals surface area (Å²) in [5.74, 6) is 0.986. The van der Waals surface area contributed by atoms with Crippen LogP contribution in [-0.4, -0.2) is 36.9 Å². The molecule has 1 N–H and O–H groups in total. The third-order valence-corrected chi connectivity index (χ3v) is 3.84. The molecule has 0 fully saturated rings. The lowest BCUT2D eigenvalue weighted by molar-refractivity contribution is -0.117. The molecule has 6 heteroatoms. The number of nitrogens with zero attached hydrogens (tertiary/aromatic N) is 1. The van der Waals surface area contributed by atoms with E-state index in [9.17, 15) is 9.59 Å². The Morgan fingerprint density at radius 2 is 2.14 bits per heavy atom. The van der Waals surface area contributed by atoms with Gasteiger partial charge in [-0.05, 0) is 32.4 Å². The Morgan fingerprint density at radius 3 is 2.77 bits per heavy atom. The van der Waals surface area contributed by atoms with E-state index in [0.29, 0.717) is 18.7 Å². The van der Waals surface area contributed by atoms with Crippen molar-refractivity contribution < 1.29 is 14.3 Å². The second-order valence-electron chi connectivity index (χ2n) is 5.42. The van der Waals surface area contributed by atoms with E-state index in [1.54, 1.807) is 14.0 Å². The molecule has 0 aliphatic carbocycles. The summed E-state index contributed by atoms with van der Waals surface area (Å²) in [6, 6.07) is 5.66. The van der Waals surface area contributed by atoms with E-state index in [0.717, 1.165) is 24.2 Å². The SMILES string of the molecule is CCN(C)C(=O)Oc1cccc2c1C(CCC(C)=O)CN2.Cl. The highest BCUT2D eigenvalue weighted by molar-refractivity contribution is 5.85. The van der Waals surface area contributed by atoms with Crippen LogP contribution in [0.3, 0.4) is 0 Å². The fraction of sp³-hybridized carbons (Fsp3) is 0.500. The number of fused-ring (bicyclic) bond motifs is 1. The van der Waals surface area contributed by atoms with Gasteiger partial charge in [0.15, 0.2) is 0 Å². The highest BCUT2D eigenvalue weighted by Crippen LogP contribution is 2.40. The minimum atomic E-state index is -0.358. The van der Waals surface area contributed by atoms with Gasteiger partial charge in [-0.2, -0.15) is 0 Å². The Hall–Kier alpha value is -1.75. The van der Waals surface area contributed by atoms with Gasteiger partial charge in [0.05, 0.1) is 0 Å². The van der Waals surface area contributed by atoms with E-state index in [2.05, 4.69) is 5.32 Å². The summed E-state index contributed by atoms with van der Waals surface area (Å²) in [6.07, 6.45) is 0.958. The molecular weight excluding hydrogens is 304 g/mol. The number of amides is 1. The van der Waals surface area contributed by atoms with Crippen LogP contribution < -0.4 is 10.1 Å². The fourth-order valence-corrected chi connectivity index (χ4v) is 2.47. The monoisotopic (exact) mass is 326 g/mol. The van der Waals surface area contributed by atoms with Crippen LogP contribution in [0.2, 0.25) is 0 Å². The molecule has 1 aromatic rings. The molecule has 1 amide bonds.